The van der Waals surface area contributed by atoms with Crippen LogP contribution in [0.15, 0.2) is 35.2 Å². The lowest BCUT2D eigenvalue weighted by Gasteiger charge is -2.05. The molecule has 6 nitrogen and oxygen atoms in total. The normalized spacial score (nSPS) is 11.6. The summed E-state index contributed by atoms with van der Waals surface area (Å²) in [4.78, 5) is 11.8. The number of sulfonamides is 1. The Bertz CT molecular complexity index is 767. The number of nitrogens with zero attached hydrogens (tertiary/aromatic N) is 1. The number of amides is 1. The van der Waals surface area contributed by atoms with Gasteiger partial charge in [-0.25, -0.2) is 17.5 Å². The summed E-state index contributed by atoms with van der Waals surface area (Å²) in [6, 6.07) is 5.69. The Kier molecular flexibility index (Phi) is 4.60. The molecule has 0 aliphatic rings. The molecule has 8 heteroatoms. The molecule has 118 valence electrons. The zero-order chi connectivity index (χ0) is 16.3. The largest absolute Gasteiger partial charge is 0.285 e. The maximum atomic E-state index is 12.8. The van der Waals surface area contributed by atoms with Gasteiger partial charge in [0, 0.05) is 5.69 Å². The Morgan fingerprint density at radius 1 is 1.32 bits per heavy atom. The van der Waals surface area contributed by atoms with Gasteiger partial charge in [-0.15, -0.1) is 0 Å². The summed E-state index contributed by atoms with van der Waals surface area (Å²) in [6.45, 7) is 4.03. The maximum absolute atomic E-state index is 12.8. The lowest BCUT2D eigenvalue weighted by Crippen LogP contribution is -2.30. The van der Waals surface area contributed by atoms with Gasteiger partial charge in [-0.2, -0.15) is 5.10 Å². The van der Waals surface area contributed by atoms with Crippen molar-refractivity contribution in [3.8, 4) is 0 Å². The number of H-pyrrole nitrogens is 1. The highest BCUT2D eigenvalue weighted by atomic mass is 32.2. The Morgan fingerprint density at radius 2 is 1.95 bits per heavy atom. The molecule has 0 aliphatic carbocycles. The van der Waals surface area contributed by atoms with Gasteiger partial charge in [0.05, 0.1) is 4.90 Å². The minimum Gasteiger partial charge on any atom is -0.282 e. The number of rotatable bonds is 5. The molecule has 0 unspecified atom stereocenters. The summed E-state index contributed by atoms with van der Waals surface area (Å²) in [6.07, 6.45) is 0.699. The van der Waals surface area contributed by atoms with Gasteiger partial charge in [-0.3, -0.25) is 9.89 Å². The number of nitrogens with one attached hydrogen (secondary N) is 2. The number of halogens is 1. The molecule has 1 amide bonds. The summed E-state index contributed by atoms with van der Waals surface area (Å²) < 4.78 is 38.8. The van der Waals surface area contributed by atoms with Gasteiger partial charge in [-0.05, 0) is 42.7 Å². The van der Waals surface area contributed by atoms with Crippen molar-refractivity contribution in [2.45, 2.75) is 25.2 Å². The van der Waals surface area contributed by atoms with Crippen LogP contribution in [0.3, 0.4) is 0 Å². The lowest BCUT2D eigenvalue weighted by atomic mass is 10.1. The van der Waals surface area contributed by atoms with E-state index in [0.717, 1.165) is 30.0 Å². The number of aromatic amines is 1. The zero-order valence-corrected chi connectivity index (χ0v) is 12.9. The molecule has 0 saturated heterocycles. The highest BCUT2D eigenvalue weighted by molar-refractivity contribution is 7.90. The molecule has 0 spiro atoms. The summed E-state index contributed by atoms with van der Waals surface area (Å²) in [5.74, 6) is -1.02. The number of carbonyl (C=O) groups is 1. The topological polar surface area (TPSA) is 91.9 Å². The molecule has 1 aromatic carbocycles. The molecule has 0 fully saturated rings. The second-order valence-corrected chi connectivity index (χ2v) is 6.95. The SMILES string of the molecule is CC(C)Cc1cc(C(=O)NS(=O)(=O)c2ccc(F)cc2)n[nH]1. The van der Waals surface area contributed by atoms with E-state index in [1.807, 2.05) is 18.6 Å². The highest BCUT2D eigenvalue weighted by Gasteiger charge is 2.20. The fourth-order valence-electron chi connectivity index (χ4n) is 1.87. The van der Waals surface area contributed by atoms with Crippen LogP contribution in [0.5, 0.6) is 0 Å². The molecule has 2 rings (SSSR count). The summed E-state index contributed by atoms with van der Waals surface area (Å²) >= 11 is 0. The maximum Gasteiger partial charge on any atom is 0.285 e. The second-order valence-electron chi connectivity index (χ2n) is 5.26. The molecular weight excluding hydrogens is 309 g/mol. The van der Waals surface area contributed by atoms with Gasteiger partial charge in [0.2, 0.25) is 0 Å². The van der Waals surface area contributed by atoms with E-state index in [1.54, 1.807) is 0 Å². The van der Waals surface area contributed by atoms with E-state index in [9.17, 15) is 17.6 Å². The fraction of sp³-hybridized carbons (Fsp3) is 0.286. The molecule has 0 bridgehead atoms. The van der Waals surface area contributed by atoms with E-state index in [-0.39, 0.29) is 10.6 Å². The number of aromatic nitrogens is 2. The van der Waals surface area contributed by atoms with Crippen molar-refractivity contribution in [2.75, 3.05) is 0 Å². The third-order valence-corrected chi connectivity index (χ3v) is 4.19. The van der Waals surface area contributed by atoms with Crippen LogP contribution in [0.25, 0.3) is 0 Å². The van der Waals surface area contributed by atoms with Gasteiger partial charge in [0.1, 0.15) is 5.82 Å². The van der Waals surface area contributed by atoms with Crippen LogP contribution < -0.4 is 4.72 Å². The van der Waals surface area contributed by atoms with E-state index in [0.29, 0.717) is 12.3 Å². The molecule has 1 aromatic heterocycles. The quantitative estimate of drug-likeness (QED) is 0.878. The monoisotopic (exact) mass is 325 g/mol. The van der Waals surface area contributed by atoms with Gasteiger partial charge in [0.25, 0.3) is 15.9 Å². The third kappa shape index (κ3) is 3.91. The summed E-state index contributed by atoms with van der Waals surface area (Å²) in [5.41, 5.74) is 0.737. The first-order valence-electron chi connectivity index (χ1n) is 6.65. The molecule has 0 atom stereocenters. The molecule has 1 heterocycles. The van der Waals surface area contributed by atoms with Gasteiger partial charge in [-0.1, -0.05) is 13.8 Å². The van der Waals surface area contributed by atoms with Crippen LogP contribution in [0, 0.1) is 11.7 Å². The smallest absolute Gasteiger partial charge is 0.282 e. The minimum atomic E-state index is -4.06. The zero-order valence-electron chi connectivity index (χ0n) is 12.1. The number of hydrogen-bond acceptors (Lipinski definition) is 4. The van der Waals surface area contributed by atoms with Crippen molar-refractivity contribution in [2.24, 2.45) is 5.92 Å². The standard InChI is InChI=1S/C14H16FN3O3S/c1-9(2)7-11-8-13(17-16-11)14(19)18-22(20,21)12-5-3-10(15)4-6-12/h3-6,8-9H,7H2,1-2H3,(H,16,17)(H,18,19). The molecule has 0 aliphatic heterocycles. The first kappa shape index (κ1) is 16.2. The van der Waals surface area contributed by atoms with Crippen molar-refractivity contribution < 1.29 is 17.6 Å². The Labute approximate surface area is 127 Å². The van der Waals surface area contributed by atoms with Crippen LogP contribution in [0.4, 0.5) is 4.39 Å². The Balaban J connectivity index is 2.13. The van der Waals surface area contributed by atoms with Crippen molar-refractivity contribution in [1.82, 2.24) is 14.9 Å². The van der Waals surface area contributed by atoms with Gasteiger partial charge < -0.3 is 0 Å². The van der Waals surface area contributed by atoms with Gasteiger partial charge in [0.15, 0.2) is 5.69 Å². The molecule has 2 aromatic rings. The average Bonchev–Trinajstić information content (AvgIpc) is 2.86. The molecule has 0 saturated carbocycles. The summed E-state index contributed by atoms with van der Waals surface area (Å²) in [7, 11) is -4.06. The fourth-order valence-corrected chi connectivity index (χ4v) is 2.83. The van der Waals surface area contributed by atoms with Gasteiger partial charge >= 0.3 is 0 Å². The van der Waals surface area contributed by atoms with E-state index in [1.165, 1.54) is 6.07 Å². The molecule has 0 radical (unpaired) electrons. The van der Waals surface area contributed by atoms with Crippen molar-refractivity contribution >= 4 is 15.9 Å². The van der Waals surface area contributed by atoms with Crippen molar-refractivity contribution in [3.63, 3.8) is 0 Å². The van der Waals surface area contributed by atoms with E-state index >= 15 is 0 Å². The molecular formula is C14H16FN3O3S. The van der Waals surface area contributed by atoms with Crippen LogP contribution >= 0.6 is 0 Å². The number of benzene rings is 1. The van der Waals surface area contributed by atoms with E-state index in [4.69, 9.17) is 0 Å². The Hall–Kier alpha value is -2.22. The predicted molar refractivity (Wildman–Crippen MR) is 78.2 cm³/mol. The Morgan fingerprint density at radius 3 is 2.55 bits per heavy atom. The number of carbonyl (C=O) groups excluding carboxylic acids is 1. The first-order chi connectivity index (χ1) is 10.3. The second kappa shape index (κ2) is 6.27. The van der Waals surface area contributed by atoms with Crippen molar-refractivity contribution in [1.29, 1.82) is 0 Å². The van der Waals surface area contributed by atoms with E-state index < -0.39 is 21.7 Å². The van der Waals surface area contributed by atoms with Crippen LogP contribution in [-0.4, -0.2) is 24.5 Å². The highest BCUT2D eigenvalue weighted by Crippen LogP contribution is 2.11. The predicted octanol–water partition coefficient (Wildman–Crippen LogP) is 1.87. The molecule has 22 heavy (non-hydrogen) atoms. The van der Waals surface area contributed by atoms with Crippen LogP contribution in [0.2, 0.25) is 0 Å². The third-order valence-electron chi connectivity index (χ3n) is 2.84. The average molecular weight is 325 g/mol. The van der Waals surface area contributed by atoms with Crippen LogP contribution in [-0.2, 0) is 16.4 Å². The van der Waals surface area contributed by atoms with Crippen molar-refractivity contribution in [3.05, 3.63) is 47.5 Å². The lowest BCUT2D eigenvalue weighted by molar-refractivity contribution is 0.0976. The minimum absolute atomic E-state index is 0.0127. The van der Waals surface area contributed by atoms with E-state index in [2.05, 4.69) is 10.2 Å². The van der Waals surface area contributed by atoms with Crippen LogP contribution in [0.1, 0.15) is 30.0 Å². The molecule has 2 N–H and O–H groups in total. The first-order valence-corrected chi connectivity index (χ1v) is 8.13. The number of hydrogen-bond donors (Lipinski definition) is 2. The summed E-state index contributed by atoms with van der Waals surface area (Å²) in [5, 5.41) is 6.50.